The molecule has 2 rings (SSSR count). The van der Waals surface area contributed by atoms with Crippen LogP contribution in [0.5, 0.6) is 0 Å². The molecule has 1 aliphatic rings. The van der Waals surface area contributed by atoms with Crippen molar-refractivity contribution < 1.29 is 9.90 Å². The highest BCUT2D eigenvalue weighted by atomic mass is 35.5. The summed E-state index contributed by atoms with van der Waals surface area (Å²) in [7, 11) is 0. The third kappa shape index (κ3) is 2.57. The molecule has 1 saturated heterocycles. The minimum atomic E-state index is -0.117. The van der Waals surface area contributed by atoms with Gasteiger partial charge in [-0.25, -0.2) is 0 Å². The SMILES string of the molecule is O=C(c1cccc(Cl)c1Cl)N1CCC(CO)C1. The Hall–Kier alpha value is -0.770. The maximum absolute atomic E-state index is 12.2. The summed E-state index contributed by atoms with van der Waals surface area (Å²) in [5, 5.41) is 9.73. The zero-order valence-corrected chi connectivity index (χ0v) is 10.7. The van der Waals surface area contributed by atoms with Gasteiger partial charge in [-0.1, -0.05) is 29.3 Å². The average Bonchev–Trinajstić information content (AvgIpc) is 2.80. The van der Waals surface area contributed by atoms with Crippen LogP contribution in [0.4, 0.5) is 0 Å². The van der Waals surface area contributed by atoms with Crippen molar-refractivity contribution in [2.24, 2.45) is 5.92 Å². The summed E-state index contributed by atoms with van der Waals surface area (Å²) < 4.78 is 0. The Morgan fingerprint density at radius 2 is 2.24 bits per heavy atom. The van der Waals surface area contributed by atoms with Crippen LogP contribution in [0.3, 0.4) is 0 Å². The van der Waals surface area contributed by atoms with Crippen LogP contribution in [-0.4, -0.2) is 35.6 Å². The summed E-state index contributed by atoms with van der Waals surface area (Å²) in [4.78, 5) is 13.9. The number of halogens is 2. The largest absolute Gasteiger partial charge is 0.396 e. The quantitative estimate of drug-likeness (QED) is 0.899. The molecule has 1 N–H and O–H groups in total. The zero-order valence-electron chi connectivity index (χ0n) is 9.20. The van der Waals surface area contributed by atoms with E-state index in [9.17, 15) is 4.79 Å². The van der Waals surface area contributed by atoms with E-state index in [4.69, 9.17) is 28.3 Å². The predicted octanol–water partition coefficient (Wildman–Crippen LogP) is 2.45. The molecule has 1 aliphatic heterocycles. The highest BCUT2D eigenvalue weighted by Gasteiger charge is 2.27. The molecule has 0 radical (unpaired) electrons. The second-order valence-electron chi connectivity index (χ2n) is 4.19. The Morgan fingerprint density at radius 1 is 1.47 bits per heavy atom. The molecular formula is C12H13Cl2NO2. The van der Waals surface area contributed by atoms with E-state index in [-0.39, 0.29) is 18.4 Å². The smallest absolute Gasteiger partial charge is 0.255 e. The van der Waals surface area contributed by atoms with Crippen molar-refractivity contribution >= 4 is 29.1 Å². The van der Waals surface area contributed by atoms with Crippen molar-refractivity contribution in [3.63, 3.8) is 0 Å². The van der Waals surface area contributed by atoms with Crippen LogP contribution in [-0.2, 0) is 0 Å². The number of nitrogens with zero attached hydrogens (tertiary/aromatic N) is 1. The maximum Gasteiger partial charge on any atom is 0.255 e. The fraction of sp³-hybridized carbons (Fsp3) is 0.417. The van der Waals surface area contributed by atoms with Gasteiger partial charge in [-0.2, -0.15) is 0 Å². The molecule has 92 valence electrons. The summed E-state index contributed by atoms with van der Waals surface area (Å²) in [6, 6.07) is 5.03. The molecule has 1 atom stereocenters. The third-order valence-corrected chi connectivity index (χ3v) is 3.83. The number of aliphatic hydroxyl groups excluding tert-OH is 1. The lowest BCUT2D eigenvalue weighted by atomic mass is 10.1. The van der Waals surface area contributed by atoms with Gasteiger partial charge >= 0.3 is 0 Å². The van der Waals surface area contributed by atoms with Crippen molar-refractivity contribution in [3.05, 3.63) is 33.8 Å². The zero-order chi connectivity index (χ0) is 12.4. The summed E-state index contributed by atoms with van der Waals surface area (Å²) in [6.07, 6.45) is 0.834. The lowest BCUT2D eigenvalue weighted by Crippen LogP contribution is -2.29. The molecule has 1 aromatic carbocycles. The molecule has 1 unspecified atom stereocenters. The van der Waals surface area contributed by atoms with Gasteiger partial charge in [0.05, 0.1) is 15.6 Å². The molecule has 0 spiro atoms. The number of aliphatic hydroxyl groups is 1. The Balaban J connectivity index is 2.18. The Bertz CT molecular complexity index is 437. The van der Waals surface area contributed by atoms with E-state index in [1.165, 1.54) is 0 Å². The van der Waals surface area contributed by atoms with E-state index in [0.29, 0.717) is 28.7 Å². The molecule has 1 aromatic rings. The molecule has 0 saturated carbocycles. The first-order chi connectivity index (χ1) is 8.13. The average molecular weight is 274 g/mol. The second-order valence-corrected chi connectivity index (χ2v) is 4.97. The van der Waals surface area contributed by atoms with Gasteiger partial charge in [-0.15, -0.1) is 0 Å². The monoisotopic (exact) mass is 273 g/mol. The van der Waals surface area contributed by atoms with Gasteiger partial charge in [0.2, 0.25) is 0 Å². The summed E-state index contributed by atoms with van der Waals surface area (Å²) in [5.41, 5.74) is 0.428. The number of carbonyl (C=O) groups is 1. The second kappa shape index (κ2) is 5.25. The molecule has 0 aromatic heterocycles. The van der Waals surface area contributed by atoms with Crippen molar-refractivity contribution in [2.45, 2.75) is 6.42 Å². The first-order valence-electron chi connectivity index (χ1n) is 5.47. The van der Waals surface area contributed by atoms with E-state index in [2.05, 4.69) is 0 Å². The number of hydrogen-bond donors (Lipinski definition) is 1. The summed E-state index contributed by atoms with van der Waals surface area (Å²) in [5.74, 6) is 0.0605. The van der Waals surface area contributed by atoms with Gasteiger partial charge in [0.15, 0.2) is 0 Å². The Morgan fingerprint density at radius 3 is 2.88 bits per heavy atom. The van der Waals surface area contributed by atoms with Gasteiger partial charge < -0.3 is 10.0 Å². The van der Waals surface area contributed by atoms with Crippen LogP contribution in [0.1, 0.15) is 16.8 Å². The van der Waals surface area contributed by atoms with Crippen LogP contribution in [0.25, 0.3) is 0 Å². The molecule has 1 fully saturated rings. The highest BCUT2D eigenvalue weighted by molar-refractivity contribution is 6.43. The maximum atomic E-state index is 12.2. The molecule has 1 heterocycles. The summed E-state index contributed by atoms with van der Waals surface area (Å²) >= 11 is 11.9. The van der Waals surface area contributed by atoms with E-state index in [1.54, 1.807) is 23.1 Å². The van der Waals surface area contributed by atoms with Crippen molar-refractivity contribution in [2.75, 3.05) is 19.7 Å². The topological polar surface area (TPSA) is 40.5 Å². The van der Waals surface area contributed by atoms with Gasteiger partial charge in [0.1, 0.15) is 0 Å². The van der Waals surface area contributed by atoms with Gasteiger partial charge in [0.25, 0.3) is 5.91 Å². The van der Waals surface area contributed by atoms with E-state index in [1.807, 2.05) is 0 Å². The first-order valence-corrected chi connectivity index (χ1v) is 6.23. The number of amides is 1. The Labute approximate surface area is 110 Å². The highest BCUT2D eigenvalue weighted by Crippen LogP contribution is 2.28. The molecule has 3 nitrogen and oxygen atoms in total. The number of rotatable bonds is 2. The fourth-order valence-electron chi connectivity index (χ4n) is 2.01. The predicted molar refractivity (Wildman–Crippen MR) is 67.6 cm³/mol. The number of likely N-dealkylation sites (tertiary alicyclic amines) is 1. The van der Waals surface area contributed by atoms with Gasteiger partial charge in [0, 0.05) is 25.6 Å². The molecule has 5 heteroatoms. The van der Waals surface area contributed by atoms with Crippen molar-refractivity contribution in [1.82, 2.24) is 4.90 Å². The summed E-state index contributed by atoms with van der Waals surface area (Å²) in [6.45, 7) is 1.36. The minimum Gasteiger partial charge on any atom is -0.396 e. The minimum absolute atomic E-state index is 0.117. The fourth-order valence-corrected chi connectivity index (χ4v) is 2.39. The molecule has 17 heavy (non-hydrogen) atoms. The van der Waals surface area contributed by atoms with Crippen LogP contribution in [0, 0.1) is 5.92 Å². The standard InChI is InChI=1S/C12H13Cl2NO2/c13-10-3-1-2-9(11(10)14)12(17)15-5-4-8(6-15)7-16/h1-3,8,16H,4-7H2. The number of hydrogen-bond acceptors (Lipinski definition) is 2. The van der Waals surface area contributed by atoms with Gasteiger partial charge in [-0.05, 0) is 18.6 Å². The molecule has 1 amide bonds. The molecule has 0 bridgehead atoms. The van der Waals surface area contributed by atoms with Crippen LogP contribution in [0.2, 0.25) is 10.0 Å². The van der Waals surface area contributed by atoms with Crippen LogP contribution < -0.4 is 0 Å². The van der Waals surface area contributed by atoms with E-state index in [0.717, 1.165) is 6.42 Å². The lowest BCUT2D eigenvalue weighted by Gasteiger charge is -2.17. The number of carbonyl (C=O) groups excluding carboxylic acids is 1. The lowest BCUT2D eigenvalue weighted by molar-refractivity contribution is 0.0782. The third-order valence-electron chi connectivity index (χ3n) is 3.01. The molecular weight excluding hydrogens is 261 g/mol. The van der Waals surface area contributed by atoms with Crippen LogP contribution >= 0.6 is 23.2 Å². The number of benzene rings is 1. The normalized spacial score (nSPS) is 19.7. The van der Waals surface area contributed by atoms with E-state index < -0.39 is 0 Å². The first kappa shape index (κ1) is 12.7. The Kier molecular flexibility index (Phi) is 3.92. The molecule has 0 aliphatic carbocycles. The van der Waals surface area contributed by atoms with Crippen molar-refractivity contribution in [3.8, 4) is 0 Å². The van der Waals surface area contributed by atoms with Gasteiger partial charge in [-0.3, -0.25) is 4.79 Å². The van der Waals surface area contributed by atoms with Crippen LogP contribution in [0.15, 0.2) is 18.2 Å². The van der Waals surface area contributed by atoms with Crippen molar-refractivity contribution in [1.29, 1.82) is 0 Å². The van der Waals surface area contributed by atoms with E-state index >= 15 is 0 Å².